The van der Waals surface area contributed by atoms with Gasteiger partial charge in [0.2, 0.25) is 0 Å². The highest BCUT2D eigenvalue weighted by Crippen LogP contribution is 2.31. The summed E-state index contributed by atoms with van der Waals surface area (Å²) in [4.78, 5) is 0. The maximum atomic E-state index is 5.69. The zero-order valence-corrected chi connectivity index (χ0v) is 11.6. The van der Waals surface area contributed by atoms with Crippen molar-refractivity contribution in [2.24, 2.45) is 0 Å². The maximum absolute atomic E-state index is 5.69. The third kappa shape index (κ3) is 5.70. The van der Waals surface area contributed by atoms with Crippen LogP contribution >= 0.6 is 0 Å². The number of rotatable bonds is 4. The predicted octanol–water partition coefficient (Wildman–Crippen LogP) is 5.56. The third-order valence-electron chi connectivity index (χ3n) is 4.29. The van der Waals surface area contributed by atoms with Gasteiger partial charge in [0.05, 0.1) is 6.61 Å². The summed E-state index contributed by atoms with van der Waals surface area (Å²) < 4.78 is 10.8. The van der Waals surface area contributed by atoms with Crippen molar-refractivity contribution in [2.75, 3.05) is 13.2 Å². The second-order valence-corrected chi connectivity index (χ2v) is 5.88. The van der Waals surface area contributed by atoms with Crippen molar-refractivity contribution in [1.29, 1.82) is 0 Å². The summed E-state index contributed by atoms with van der Waals surface area (Å²) in [5.74, 6) is 1.74. The van der Waals surface area contributed by atoms with Crippen LogP contribution in [0.4, 0.5) is 0 Å². The lowest BCUT2D eigenvalue weighted by Crippen LogP contribution is -2.05. The Labute approximate surface area is 130 Å². The monoisotopic (exact) mass is 292 g/mol. The SMILES string of the molecule is C.C.c1cc(C2CCCCCCC2)ccc1OCC1CO1. The Morgan fingerprint density at radius 3 is 2.05 bits per heavy atom. The molecule has 2 fully saturated rings. The Bertz CT molecular complexity index is 373. The normalized spacial score (nSPS) is 22.2. The van der Waals surface area contributed by atoms with Crippen molar-refractivity contribution in [3.05, 3.63) is 29.8 Å². The van der Waals surface area contributed by atoms with Gasteiger partial charge in [-0.3, -0.25) is 0 Å². The second kappa shape index (κ2) is 9.09. The molecule has 0 N–H and O–H groups in total. The molecule has 0 amide bonds. The zero-order valence-electron chi connectivity index (χ0n) is 11.6. The fourth-order valence-corrected chi connectivity index (χ4v) is 2.98. The molecule has 1 aliphatic heterocycles. The minimum atomic E-state index is 0. The lowest BCUT2D eigenvalue weighted by Gasteiger charge is -2.20. The van der Waals surface area contributed by atoms with Crippen LogP contribution in [-0.2, 0) is 4.74 Å². The highest BCUT2D eigenvalue weighted by atomic mass is 16.6. The van der Waals surface area contributed by atoms with Gasteiger partial charge in [0, 0.05) is 0 Å². The topological polar surface area (TPSA) is 21.8 Å². The van der Waals surface area contributed by atoms with Gasteiger partial charge in [-0.05, 0) is 36.5 Å². The molecule has 1 aromatic rings. The Morgan fingerprint density at radius 1 is 0.905 bits per heavy atom. The fourth-order valence-electron chi connectivity index (χ4n) is 2.98. The van der Waals surface area contributed by atoms with Crippen LogP contribution in [0, 0.1) is 0 Å². The van der Waals surface area contributed by atoms with Crippen molar-refractivity contribution in [2.45, 2.75) is 71.8 Å². The second-order valence-electron chi connectivity index (χ2n) is 5.88. The van der Waals surface area contributed by atoms with Crippen molar-refractivity contribution in [1.82, 2.24) is 0 Å². The van der Waals surface area contributed by atoms with Crippen LogP contribution in [0.3, 0.4) is 0 Å². The lowest BCUT2D eigenvalue weighted by molar-refractivity contribution is 0.263. The molecular weight excluding hydrogens is 260 g/mol. The molecule has 21 heavy (non-hydrogen) atoms. The van der Waals surface area contributed by atoms with Gasteiger partial charge in [-0.1, -0.05) is 59.1 Å². The average molecular weight is 292 g/mol. The summed E-state index contributed by atoms with van der Waals surface area (Å²) in [5.41, 5.74) is 1.50. The average Bonchev–Trinajstić information content (AvgIpc) is 3.21. The summed E-state index contributed by atoms with van der Waals surface area (Å²) in [6.45, 7) is 1.56. The molecule has 1 saturated carbocycles. The molecular formula is C19H32O2. The Hall–Kier alpha value is -1.02. The van der Waals surface area contributed by atoms with E-state index in [1.807, 2.05) is 0 Å². The molecule has 0 spiro atoms. The molecule has 1 unspecified atom stereocenters. The number of epoxide rings is 1. The van der Waals surface area contributed by atoms with Crippen molar-refractivity contribution in [3.63, 3.8) is 0 Å². The van der Waals surface area contributed by atoms with E-state index in [-0.39, 0.29) is 14.9 Å². The molecule has 1 heterocycles. The highest BCUT2D eigenvalue weighted by Gasteiger charge is 2.23. The summed E-state index contributed by atoms with van der Waals surface area (Å²) in [6, 6.07) is 8.76. The van der Waals surface area contributed by atoms with E-state index in [2.05, 4.69) is 24.3 Å². The van der Waals surface area contributed by atoms with E-state index in [1.165, 1.54) is 50.5 Å². The first kappa shape index (κ1) is 18.0. The maximum Gasteiger partial charge on any atom is 0.119 e. The van der Waals surface area contributed by atoms with E-state index >= 15 is 0 Å². The highest BCUT2D eigenvalue weighted by molar-refractivity contribution is 5.29. The first-order chi connectivity index (χ1) is 9.42. The van der Waals surface area contributed by atoms with Crippen molar-refractivity contribution in [3.8, 4) is 5.75 Å². The number of hydrogen-bond donors (Lipinski definition) is 0. The number of benzene rings is 1. The van der Waals surface area contributed by atoms with Crippen molar-refractivity contribution < 1.29 is 9.47 Å². The Kier molecular flexibility index (Phi) is 7.81. The van der Waals surface area contributed by atoms with Gasteiger partial charge < -0.3 is 9.47 Å². The molecule has 1 atom stereocenters. The van der Waals surface area contributed by atoms with Gasteiger partial charge in [-0.25, -0.2) is 0 Å². The van der Waals surface area contributed by atoms with Crippen LogP contribution in [0.2, 0.25) is 0 Å². The van der Waals surface area contributed by atoms with Gasteiger partial charge in [0.1, 0.15) is 18.5 Å². The molecule has 1 aromatic carbocycles. The Balaban J connectivity index is 0.00000110. The lowest BCUT2D eigenvalue weighted by atomic mass is 9.86. The smallest absolute Gasteiger partial charge is 0.119 e. The van der Waals surface area contributed by atoms with Crippen LogP contribution in [0.1, 0.15) is 71.3 Å². The van der Waals surface area contributed by atoms with Crippen LogP contribution in [-0.4, -0.2) is 19.3 Å². The van der Waals surface area contributed by atoms with E-state index in [0.29, 0.717) is 12.7 Å². The van der Waals surface area contributed by atoms with Gasteiger partial charge in [0.25, 0.3) is 0 Å². The van der Waals surface area contributed by atoms with Crippen LogP contribution < -0.4 is 4.74 Å². The number of ether oxygens (including phenoxy) is 2. The fraction of sp³-hybridized carbons (Fsp3) is 0.684. The van der Waals surface area contributed by atoms with Gasteiger partial charge >= 0.3 is 0 Å². The molecule has 1 saturated heterocycles. The van der Waals surface area contributed by atoms with E-state index in [4.69, 9.17) is 9.47 Å². The standard InChI is InChI=1S/C17H24O2.2CH4/c1-2-4-6-14(7-5-3-1)15-8-10-16(11-9-15)18-12-17-13-19-17;;/h8-11,14,17H,1-7,12-13H2;2*1H4. The van der Waals surface area contributed by atoms with E-state index in [0.717, 1.165) is 18.3 Å². The van der Waals surface area contributed by atoms with Crippen LogP contribution in [0.25, 0.3) is 0 Å². The molecule has 0 radical (unpaired) electrons. The quantitative estimate of drug-likeness (QED) is 0.677. The molecule has 2 heteroatoms. The Morgan fingerprint density at radius 2 is 1.48 bits per heavy atom. The molecule has 120 valence electrons. The summed E-state index contributed by atoms with van der Waals surface area (Å²) >= 11 is 0. The van der Waals surface area contributed by atoms with E-state index in [1.54, 1.807) is 0 Å². The van der Waals surface area contributed by atoms with Crippen molar-refractivity contribution >= 4 is 0 Å². The molecule has 0 bridgehead atoms. The molecule has 1 aliphatic carbocycles. The number of hydrogen-bond acceptors (Lipinski definition) is 2. The van der Waals surface area contributed by atoms with Gasteiger partial charge in [-0.2, -0.15) is 0 Å². The van der Waals surface area contributed by atoms with Crippen LogP contribution in [0.15, 0.2) is 24.3 Å². The van der Waals surface area contributed by atoms with E-state index < -0.39 is 0 Å². The van der Waals surface area contributed by atoms with Gasteiger partial charge in [-0.15, -0.1) is 0 Å². The summed E-state index contributed by atoms with van der Waals surface area (Å²) in [5, 5.41) is 0. The first-order valence-corrected chi connectivity index (χ1v) is 7.76. The third-order valence-corrected chi connectivity index (χ3v) is 4.29. The first-order valence-electron chi connectivity index (χ1n) is 7.76. The molecule has 2 nitrogen and oxygen atoms in total. The predicted molar refractivity (Wildman–Crippen MR) is 90.2 cm³/mol. The molecule has 3 rings (SSSR count). The minimum Gasteiger partial charge on any atom is -0.491 e. The minimum absolute atomic E-state index is 0. The summed E-state index contributed by atoms with van der Waals surface area (Å²) in [6.07, 6.45) is 10.1. The molecule has 2 aliphatic rings. The largest absolute Gasteiger partial charge is 0.491 e. The van der Waals surface area contributed by atoms with Gasteiger partial charge in [0.15, 0.2) is 0 Å². The van der Waals surface area contributed by atoms with E-state index in [9.17, 15) is 0 Å². The molecule has 0 aromatic heterocycles. The zero-order chi connectivity index (χ0) is 12.9. The van der Waals surface area contributed by atoms with Crippen LogP contribution in [0.5, 0.6) is 5.75 Å². The summed E-state index contributed by atoms with van der Waals surface area (Å²) in [7, 11) is 0.